The van der Waals surface area contributed by atoms with Gasteiger partial charge in [0, 0.05) is 6.42 Å². The quantitative estimate of drug-likeness (QED) is 0.517. The molecule has 1 aliphatic carbocycles. The molecule has 5 nitrogen and oxygen atoms in total. The molecular formula is C23H42O5Si. The summed E-state index contributed by atoms with van der Waals surface area (Å²) in [6.07, 6.45) is 1.82. The first-order chi connectivity index (χ1) is 13.2. The lowest BCUT2D eigenvalue weighted by Crippen LogP contribution is -2.61. The monoisotopic (exact) mass is 426 g/mol. The van der Waals surface area contributed by atoms with E-state index in [1.165, 1.54) is 0 Å². The molecule has 2 saturated heterocycles. The predicted molar refractivity (Wildman–Crippen MR) is 116 cm³/mol. The number of fused-ring (bicyclic) bond motifs is 4. The summed E-state index contributed by atoms with van der Waals surface area (Å²) in [4.78, 5) is 12.8. The molecule has 1 unspecified atom stereocenters. The van der Waals surface area contributed by atoms with Crippen molar-refractivity contribution < 1.29 is 23.8 Å². The maximum atomic E-state index is 12.8. The van der Waals surface area contributed by atoms with Crippen LogP contribution in [0.3, 0.4) is 0 Å². The van der Waals surface area contributed by atoms with E-state index < -0.39 is 25.6 Å². The van der Waals surface area contributed by atoms with Gasteiger partial charge in [-0.3, -0.25) is 0 Å². The number of esters is 1. The maximum Gasteiger partial charge on any atom is 0.331 e. The molecule has 168 valence electrons. The minimum absolute atomic E-state index is 0.00912. The van der Waals surface area contributed by atoms with Gasteiger partial charge in [0.2, 0.25) is 0 Å². The molecule has 29 heavy (non-hydrogen) atoms. The summed E-state index contributed by atoms with van der Waals surface area (Å²) in [5.74, 6) is 0.739. The van der Waals surface area contributed by atoms with Gasteiger partial charge in [-0.15, -0.1) is 0 Å². The fourth-order valence-corrected chi connectivity index (χ4v) is 6.67. The molecule has 6 heteroatoms. The fraction of sp³-hybridized carbons (Fsp3) is 0.957. The van der Waals surface area contributed by atoms with Crippen molar-refractivity contribution in [1.82, 2.24) is 0 Å². The van der Waals surface area contributed by atoms with Crippen molar-refractivity contribution in [2.75, 3.05) is 6.61 Å². The number of carbonyl (C=O) groups is 1. The summed E-state index contributed by atoms with van der Waals surface area (Å²) in [5.41, 5.74) is -1.18. The number of ether oxygens (including phenoxy) is 2. The molecule has 3 fully saturated rings. The SMILES string of the molecule is CC(C)[C@]12C[C@H](OC(=O)CO[Si](C)(C)C(C)(C)C)C(C)(O1)[C@H]1CC[C@H](C)[C@@H]1[C@H]2O. The number of aliphatic hydroxyl groups is 1. The molecule has 2 bridgehead atoms. The Balaban J connectivity index is 1.78. The molecule has 1 saturated carbocycles. The third-order valence-electron chi connectivity index (χ3n) is 8.82. The van der Waals surface area contributed by atoms with Crippen LogP contribution in [0, 0.1) is 23.7 Å². The topological polar surface area (TPSA) is 65.0 Å². The zero-order chi connectivity index (χ0) is 22.0. The van der Waals surface area contributed by atoms with Crippen molar-refractivity contribution in [3.8, 4) is 0 Å². The normalized spacial score (nSPS) is 42.2. The lowest BCUT2D eigenvalue weighted by atomic mass is 9.69. The van der Waals surface area contributed by atoms with Crippen molar-refractivity contribution >= 4 is 14.3 Å². The van der Waals surface area contributed by atoms with Crippen molar-refractivity contribution in [2.45, 2.75) is 109 Å². The van der Waals surface area contributed by atoms with E-state index in [9.17, 15) is 9.90 Å². The predicted octanol–water partition coefficient (Wildman–Crippen LogP) is 4.53. The van der Waals surface area contributed by atoms with Gasteiger partial charge in [-0.2, -0.15) is 0 Å². The summed E-state index contributed by atoms with van der Waals surface area (Å²) in [6.45, 7) is 19.3. The van der Waals surface area contributed by atoms with Gasteiger partial charge in [-0.25, -0.2) is 4.79 Å². The Bertz CT molecular complexity index is 642. The smallest absolute Gasteiger partial charge is 0.331 e. The zero-order valence-electron chi connectivity index (χ0n) is 19.9. The van der Waals surface area contributed by atoms with Crippen LogP contribution in [-0.4, -0.2) is 49.4 Å². The average molecular weight is 427 g/mol. The first-order valence-electron chi connectivity index (χ1n) is 11.4. The number of carbonyl (C=O) groups excluding carboxylic acids is 1. The number of aliphatic hydroxyl groups excluding tert-OH is 1. The molecule has 0 amide bonds. The van der Waals surface area contributed by atoms with Crippen molar-refractivity contribution in [3.63, 3.8) is 0 Å². The molecule has 0 aromatic carbocycles. The minimum atomic E-state index is -2.01. The summed E-state index contributed by atoms with van der Waals surface area (Å²) in [6, 6.07) is 0. The highest BCUT2D eigenvalue weighted by atomic mass is 28.4. The van der Waals surface area contributed by atoms with E-state index in [0.717, 1.165) is 12.8 Å². The van der Waals surface area contributed by atoms with E-state index in [1.54, 1.807) is 0 Å². The Morgan fingerprint density at radius 3 is 2.45 bits per heavy atom. The summed E-state index contributed by atoms with van der Waals surface area (Å²) in [7, 11) is -2.01. The van der Waals surface area contributed by atoms with Gasteiger partial charge in [0.05, 0.1) is 6.10 Å². The summed E-state index contributed by atoms with van der Waals surface area (Å²) in [5, 5.41) is 11.4. The zero-order valence-corrected chi connectivity index (χ0v) is 20.9. The van der Waals surface area contributed by atoms with Gasteiger partial charge >= 0.3 is 5.97 Å². The number of hydrogen-bond donors (Lipinski definition) is 1. The second kappa shape index (κ2) is 7.32. The Morgan fingerprint density at radius 1 is 1.28 bits per heavy atom. The molecule has 7 atom stereocenters. The molecule has 3 aliphatic rings. The van der Waals surface area contributed by atoms with E-state index in [4.69, 9.17) is 13.9 Å². The van der Waals surface area contributed by atoms with E-state index in [-0.39, 0.29) is 41.5 Å². The van der Waals surface area contributed by atoms with Crippen LogP contribution < -0.4 is 0 Å². The van der Waals surface area contributed by atoms with E-state index in [1.807, 2.05) is 0 Å². The van der Waals surface area contributed by atoms with E-state index in [2.05, 4.69) is 61.6 Å². The maximum absolute atomic E-state index is 12.8. The first kappa shape index (κ1) is 23.2. The molecule has 2 heterocycles. The van der Waals surface area contributed by atoms with Crippen LogP contribution in [0.4, 0.5) is 0 Å². The highest BCUT2D eigenvalue weighted by molar-refractivity contribution is 6.74. The van der Waals surface area contributed by atoms with Crippen molar-refractivity contribution in [3.05, 3.63) is 0 Å². The molecule has 3 rings (SSSR count). The largest absolute Gasteiger partial charge is 0.458 e. The molecule has 0 aromatic rings. The van der Waals surface area contributed by atoms with Crippen molar-refractivity contribution in [2.24, 2.45) is 23.7 Å². The lowest BCUT2D eigenvalue weighted by molar-refractivity contribution is -0.259. The van der Waals surface area contributed by atoms with Crippen LogP contribution in [0.2, 0.25) is 18.1 Å². The van der Waals surface area contributed by atoms with Gasteiger partial charge in [0.15, 0.2) is 8.32 Å². The second-order valence-electron chi connectivity index (χ2n) is 11.8. The standard InChI is InChI=1S/C23H42O5Si/c1-14(2)23-12-17(27-18(24)13-26-29(8,9)21(4,5)6)22(7,28-23)16-11-10-15(3)19(16)20(23)25/h14-17,19-20,25H,10-13H2,1-9H3/t15-,16-,17-,19-,20+,22?,23-/m0/s1. The number of hydrogen-bond acceptors (Lipinski definition) is 5. The first-order valence-corrected chi connectivity index (χ1v) is 14.3. The van der Waals surface area contributed by atoms with Crippen molar-refractivity contribution in [1.29, 1.82) is 0 Å². The van der Waals surface area contributed by atoms with Crippen LogP contribution in [0.15, 0.2) is 0 Å². The Kier molecular flexibility index (Phi) is 5.86. The highest BCUT2D eigenvalue weighted by Crippen LogP contribution is 2.62. The molecular weight excluding hydrogens is 384 g/mol. The van der Waals surface area contributed by atoms with Crippen LogP contribution in [-0.2, 0) is 18.7 Å². The van der Waals surface area contributed by atoms with Crippen LogP contribution in [0.5, 0.6) is 0 Å². The van der Waals surface area contributed by atoms with Gasteiger partial charge in [0.1, 0.15) is 23.9 Å². The van der Waals surface area contributed by atoms with Gasteiger partial charge in [-0.1, -0.05) is 41.5 Å². The summed E-state index contributed by atoms with van der Waals surface area (Å²) >= 11 is 0. The number of rotatable bonds is 5. The second-order valence-corrected chi connectivity index (χ2v) is 16.6. The minimum Gasteiger partial charge on any atom is -0.458 e. The third kappa shape index (κ3) is 3.62. The van der Waals surface area contributed by atoms with Crippen LogP contribution >= 0.6 is 0 Å². The Labute approximate surface area is 178 Å². The van der Waals surface area contributed by atoms with Gasteiger partial charge < -0.3 is 19.0 Å². The van der Waals surface area contributed by atoms with E-state index in [0.29, 0.717) is 12.3 Å². The molecule has 0 aromatic heterocycles. The molecule has 0 radical (unpaired) electrons. The highest BCUT2D eigenvalue weighted by Gasteiger charge is 2.70. The molecule has 2 aliphatic heterocycles. The van der Waals surface area contributed by atoms with Gasteiger partial charge in [-0.05, 0) is 61.6 Å². The molecule has 1 N–H and O–H groups in total. The fourth-order valence-electron chi connectivity index (χ4n) is 5.76. The Morgan fingerprint density at radius 2 is 1.90 bits per heavy atom. The molecule has 0 spiro atoms. The van der Waals surface area contributed by atoms with Gasteiger partial charge in [0.25, 0.3) is 0 Å². The average Bonchev–Trinajstić information content (AvgIpc) is 3.10. The Hall–Kier alpha value is -0.433. The lowest BCUT2D eigenvalue weighted by Gasteiger charge is -2.51. The summed E-state index contributed by atoms with van der Waals surface area (Å²) < 4.78 is 18.8. The third-order valence-corrected chi connectivity index (χ3v) is 13.3. The van der Waals surface area contributed by atoms with E-state index >= 15 is 0 Å². The van der Waals surface area contributed by atoms with Crippen LogP contribution in [0.25, 0.3) is 0 Å². The van der Waals surface area contributed by atoms with Crippen LogP contribution in [0.1, 0.15) is 67.7 Å².